The Kier molecular flexibility index (Phi) is 3.83. The summed E-state index contributed by atoms with van der Waals surface area (Å²) in [5, 5.41) is 3.29. The van der Waals surface area contributed by atoms with Gasteiger partial charge in [0, 0.05) is 18.9 Å². The molecule has 3 N–H and O–H groups in total. The number of nitrogens with zero attached hydrogens (tertiary/aromatic N) is 2. The van der Waals surface area contributed by atoms with Crippen LogP contribution in [-0.4, -0.2) is 22.1 Å². The lowest BCUT2D eigenvalue weighted by Crippen LogP contribution is -2.44. The quantitative estimate of drug-likeness (QED) is 0.743. The Balaban J connectivity index is 2.74. The molecule has 1 aromatic heterocycles. The molecule has 4 nitrogen and oxygen atoms in total. The fourth-order valence-corrected chi connectivity index (χ4v) is 1.37. The van der Waals surface area contributed by atoms with Gasteiger partial charge in [-0.1, -0.05) is 13.8 Å². The van der Waals surface area contributed by atoms with E-state index < -0.39 is 0 Å². The molecule has 0 atom stereocenters. The summed E-state index contributed by atoms with van der Waals surface area (Å²) in [5.41, 5.74) is 5.69. The lowest BCUT2D eigenvalue weighted by Gasteiger charge is -2.31. The Bertz CT molecular complexity index is 248. The van der Waals surface area contributed by atoms with E-state index in [9.17, 15) is 0 Å². The molecule has 0 radical (unpaired) electrons. The number of anilines is 1. The van der Waals surface area contributed by atoms with Crippen LogP contribution in [-0.2, 0) is 0 Å². The molecule has 78 valence electrons. The standard InChI is InChI=1S/C10H18N4/c1-3-10(4-2,8-11)14-9-12-6-5-7-13-9/h5-7H,3-4,8,11H2,1-2H3,(H,12,13,14). The van der Waals surface area contributed by atoms with E-state index in [2.05, 4.69) is 29.1 Å². The first kappa shape index (κ1) is 10.9. The van der Waals surface area contributed by atoms with Crippen LogP contribution in [0.3, 0.4) is 0 Å². The number of hydrogen-bond donors (Lipinski definition) is 2. The van der Waals surface area contributed by atoms with Crippen molar-refractivity contribution in [2.24, 2.45) is 5.73 Å². The van der Waals surface area contributed by atoms with E-state index in [4.69, 9.17) is 5.73 Å². The average Bonchev–Trinajstić information content (AvgIpc) is 2.28. The molecule has 0 fully saturated rings. The van der Waals surface area contributed by atoms with Gasteiger partial charge in [0.25, 0.3) is 0 Å². The molecule has 0 unspecified atom stereocenters. The molecular weight excluding hydrogens is 176 g/mol. The van der Waals surface area contributed by atoms with Crippen LogP contribution in [0, 0.1) is 0 Å². The molecule has 0 aliphatic heterocycles. The largest absolute Gasteiger partial charge is 0.348 e. The molecule has 1 heterocycles. The molecule has 0 spiro atoms. The second-order valence-electron chi connectivity index (χ2n) is 3.39. The third-order valence-electron chi connectivity index (χ3n) is 2.69. The van der Waals surface area contributed by atoms with Crippen molar-refractivity contribution in [1.29, 1.82) is 0 Å². The van der Waals surface area contributed by atoms with Crippen molar-refractivity contribution in [3.63, 3.8) is 0 Å². The molecule has 0 aliphatic rings. The first-order valence-corrected chi connectivity index (χ1v) is 5.01. The van der Waals surface area contributed by atoms with Crippen molar-refractivity contribution in [1.82, 2.24) is 9.97 Å². The van der Waals surface area contributed by atoms with Gasteiger partial charge in [-0.25, -0.2) is 9.97 Å². The number of rotatable bonds is 5. The Labute approximate surface area is 85.0 Å². The molecule has 0 bridgehead atoms. The molecule has 14 heavy (non-hydrogen) atoms. The van der Waals surface area contributed by atoms with E-state index in [-0.39, 0.29) is 5.54 Å². The van der Waals surface area contributed by atoms with Crippen LogP contribution >= 0.6 is 0 Å². The average molecular weight is 194 g/mol. The van der Waals surface area contributed by atoms with E-state index in [0.29, 0.717) is 12.5 Å². The number of hydrogen-bond acceptors (Lipinski definition) is 4. The normalized spacial score (nSPS) is 11.4. The van der Waals surface area contributed by atoms with Crippen molar-refractivity contribution in [2.75, 3.05) is 11.9 Å². The zero-order valence-corrected chi connectivity index (χ0v) is 8.83. The topological polar surface area (TPSA) is 63.8 Å². The highest BCUT2D eigenvalue weighted by molar-refractivity contribution is 5.28. The van der Waals surface area contributed by atoms with Crippen LogP contribution in [0.15, 0.2) is 18.5 Å². The minimum absolute atomic E-state index is 0.0681. The van der Waals surface area contributed by atoms with Crippen molar-refractivity contribution in [3.8, 4) is 0 Å². The van der Waals surface area contributed by atoms with E-state index >= 15 is 0 Å². The Morgan fingerprint density at radius 1 is 1.29 bits per heavy atom. The third-order valence-corrected chi connectivity index (χ3v) is 2.69. The smallest absolute Gasteiger partial charge is 0.223 e. The first-order valence-electron chi connectivity index (χ1n) is 5.01. The summed E-state index contributed by atoms with van der Waals surface area (Å²) in [7, 11) is 0. The minimum atomic E-state index is -0.0681. The van der Waals surface area contributed by atoms with Gasteiger partial charge in [0.1, 0.15) is 0 Å². The Morgan fingerprint density at radius 3 is 2.29 bits per heavy atom. The van der Waals surface area contributed by atoms with Crippen molar-refractivity contribution < 1.29 is 0 Å². The fourth-order valence-electron chi connectivity index (χ4n) is 1.37. The lowest BCUT2D eigenvalue weighted by atomic mass is 9.93. The molecule has 0 aliphatic carbocycles. The van der Waals surface area contributed by atoms with Gasteiger partial charge in [0.05, 0.1) is 5.54 Å². The highest BCUT2D eigenvalue weighted by Crippen LogP contribution is 2.17. The van der Waals surface area contributed by atoms with Crippen LogP contribution in [0.25, 0.3) is 0 Å². The van der Waals surface area contributed by atoms with E-state index in [1.54, 1.807) is 18.5 Å². The highest BCUT2D eigenvalue weighted by atomic mass is 15.1. The van der Waals surface area contributed by atoms with Crippen LogP contribution in [0.2, 0.25) is 0 Å². The van der Waals surface area contributed by atoms with Gasteiger partial charge in [-0.05, 0) is 18.9 Å². The van der Waals surface area contributed by atoms with Gasteiger partial charge < -0.3 is 11.1 Å². The molecule has 0 saturated heterocycles. The van der Waals surface area contributed by atoms with E-state index in [1.807, 2.05) is 0 Å². The van der Waals surface area contributed by atoms with Crippen LogP contribution in [0.5, 0.6) is 0 Å². The molecule has 0 saturated carbocycles. The van der Waals surface area contributed by atoms with Gasteiger partial charge in [-0.15, -0.1) is 0 Å². The first-order chi connectivity index (χ1) is 6.76. The number of nitrogens with one attached hydrogen (secondary N) is 1. The SMILES string of the molecule is CCC(CC)(CN)Nc1ncccn1. The number of nitrogens with two attached hydrogens (primary N) is 1. The fraction of sp³-hybridized carbons (Fsp3) is 0.600. The van der Waals surface area contributed by atoms with Gasteiger partial charge in [0.2, 0.25) is 5.95 Å². The summed E-state index contributed by atoms with van der Waals surface area (Å²) < 4.78 is 0. The molecular formula is C10H18N4. The summed E-state index contributed by atoms with van der Waals surface area (Å²) in [6, 6.07) is 1.80. The van der Waals surface area contributed by atoms with Gasteiger partial charge in [0.15, 0.2) is 0 Å². The zero-order valence-electron chi connectivity index (χ0n) is 8.83. The summed E-state index contributed by atoms with van der Waals surface area (Å²) in [4.78, 5) is 8.26. The highest BCUT2D eigenvalue weighted by Gasteiger charge is 2.24. The van der Waals surface area contributed by atoms with Crippen molar-refractivity contribution in [2.45, 2.75) is 32.2 Å². The van der Waals surface area contributed by atoms with Crippen LogP contribution in [0.4, 0.5) is 5.95 Å². The van der Waals surface area contributed by atoms with Crippen LogP contribution in [0.1, 0.15) is 26.7 Å². The van der Waals surface area contributed by atoms with Crippen molar-refractivity contribution in [3.05, 3.63) is 18.5 Å². The maximum absolute atomic E-state index is 5.76. The zero-order chi connectivity index (χ0) is 10.4. The van der Waals surface area contributed by atoms with E-state index in [1.165, 1.54) is 0 Å². The van der Waals surface area contributed by atoms with Gasteiger partial charge >= 0.3 is 0 Å². The predicted molar refractivity (Wildman–Crippen MR) is 58.0 cm³/mol. The van der Waals surface area contributed by atoms with Gasteiger partial charge in [-0.2, -0.15) is 0 Å². The molecule has 0 aromatic carbocycles. The van der Waals surface area contributed by atoms with Crippen LogP contribution < -0.4 is 11.1 Å². The molecule has 0 amide bonds. The third kappa shape index (κ3) is 2.42. The maximum Gasteiger partial charge on any atom is 0.223 e. The predicted octanol–water partition coefficient (Wildman–Crippen LogP) is 1.41. The maximum atomic E-state index is 5.76. The monoisotopic (exact) mass is 194 g/mol. The second-order valence-corrected chi connectivity index (χ2v) is 3.39. The minimum Gasteiger partial charge on any atom is -0.348 e. The number of aromatic nitrogens is 2. The molecule has 1 rings (SSSR count). The summed E-state index contributed by atoms with van der Waals surface area (Å²) in [6.45, 7) is 4.83. The van der Waals surface area contributed by atoms with E-state index in [0.717, 1.165) is 12.8 Å². The summed E-state index contributed by atoms with van der Waals surface area (Å²) >= 11 is 0. The van der Waals surface area contributed by atoms with Crippen molar-refractivity contribution >= 4 is 5.95 Å². The Hall–Kier alpha value is -1.16. The summed E-state index contributed by atoms with van der Waals surface area (Å²) in [6.07, 6.45) is 5.39. The Morgan fingerprint density at radius 2 is 1.86 bits per heavy atom. The molecule has 4 heteroatoms. The molecule has 1 aromatic rings. The lowest BCUT2D eigenvalue weighted by molar-refractivity contribution is 0.442. The summed E-state index contributed by atoms with van der Waals surface area (Å²) in [5.74, 6) is 0.654. The van der Waals surface area contributed by atoms with Gasteiger partial charge in [-0.3, -0.25) is 0 Å². The second kappa shape index (κ2) is 4.91.